The Morgan fingerprint density at radius 1 is 1.04 bits per heavy atom. The zero-order chi connectivity index (χ0) is 20.1. The van der Waals surface area contributed by atoms with E-state index in [4.69, 9.17) is 14.2 Å². The highest BCUT2D eigenvalue weighted by atomic mass is 16.5. The van der Waals surface area contributed by atoms with Gasteiger partial charge in [-0.05, 0) is 48.4 Å². The first-order chi connectivity index (χ1) is 13.6. The van der Waals surface area contributed by atoms with Crippen LogP contribution < -0.4 is 24.4 Å². The molecule has 148 valence electrons. The predicted octanol–water partition coefficient (Wildman–Crippen LogP) is 2.52. The summed E-state index contributed by atoms with van der Waals surface area (Å²) in [5, 5.41) is 2.92. The summed E-state index contributed by atoms with van der Waals surface area (Å²) in [7, 11) is 4.72. The summed E-state index contributed by atoms with van der Waals surface area (Å²) in [5.41, 5.74) is 1.57. The van der Waals surface area contributed by atoms with E-state index in [1.165, 1.54) is 0 Å². The van der Waals surface area contributed by atoms with E-state index in [2.05, 4.69) is 5.32 Å². The Morgan fingerprint density at radius 3 is 2.39 bits per heavy atom. The van der Waals surface area contributed by atoms with Crippen molar-refractivity contribution in [2.24, 2.45) is 0 Å². The van der Waals surface area contributed by atoms with Gasteiger partial charge in [0.15, 0.2) is 11.5 Å². The van der Waals surface area contributed by atoms with Crippen molar-refractivity contribution in [3.63, 3.8) is 0 Å². The number of hydrogen-bond acceptors (Lipinski definition) is 5. The molecular weight excluding hydrogens is 360 g/mol. The number of nitrogens with one attached hydrogen (secondary N) is 1. The van der Waals surface area contributed by atoms with Gasteiger partial charge < -0.3 is 19.5 Å². The van der Waals surface area contributed by atoms with Crippen molar-refractivity contribution in [1.29, 1.82) is 0 Å². The van der Waals surface area contributed by atoms with Gasteiger partial charge in [0.05, 0.1) is 21.3 Å². The number of nitrogens with zero attached hydrogens (tertiary/aromatic N) is 1. The van der Waals surface area contributed by atoms with Gasteiger partial charge in [-0.3, -0.25) is 14.5 Å². The molecule has 0 spiro atoms. The van der Waals surface area contributed by atoms with E-state index in [9.17, 15) is 9.59 Å². The van der Waals surface area contributed by atoms with Gasteiger partial charge in [0, 0.05) is 18.7 Å². The van der Waals surface area contributed by atoms with Gasteiger partial charge in [-0.1, -0.05) is 6.07 Å². The fraction of sp³-hybridized carbons (Fsp3) is 0.333. The Hall–Kier alpha value is -3.22. The number of benzene rings is 2. The Kier molecular flexibility index (Phi) is 6.03. The smallest absolute Gasteiger partial charge is 0.243 e. The van der Waals surface area contributed by atoms with Crippen LogP contribution in [0.15, 0.2) is 42.5 Å². The van der Waals surface area contributed by atoms with Gasteiger partial charge >= 0.3 is 0 Å². The fourth-order valence-electron chi connectivity index (χ4n) is 3.30. The predicted molar refractivity (Wildman–Crippen MR) is 105 cm³/mol. The molecule has 1 N–H and O–H groups in total. The van der Waals surface area contributed by atoms with Gasteiger partial charge in [0.2, 0.25) is 11.8 Å². The van der Waals surface area contributed by atoms with Crippen molar-refractivity contribution in [2.45, 2.75) is 25.4 Å². The lowest BCUT2D eigenvalue weighted by molar-refractivity contribution is -0.124. The minimum absolute atomic E-state index is 0.0589. The summed E-state index contributed by atoms with van der Waals surface area (Å²) < 4.78 is 15.7. The molecular formula is C21H24N2O5. The highest BCUT2D eigenvalue weighted by molar-refractivity contribution is 6.03. The maximum atomic E-state index is 12.8. The van der Waals surface area contributed by atoms with Gasteiger partial charge in [-0.2, -0.15) is 0 Å². The maximum Gasteiger partial charge on any atom is 0.243 e. The van der Waals surface area contributed by atoms with Crippen LogP contribution in [-0.2, 0) is 16.1 Å². The van der Waals surface area contributed by atoms with E-state index in [-0.39, 0.29) is 11.8 Å². The highest BCUT2D eigenvalue weighted by Crippen LogP contribution is 2.29. The first kappa shape index (κ1) is 19.5. The van der Waals surface area contributed by atoms with Crippen LogP contribution in [0, 0.1) is 0 Å². The lowest BCUT2D eigenvalue weighted by Gasteiger charge is -2.24. The molecule has 1 unspecified atom stereocenters. The first-order valence-corrected chi connectivity index (χ1v) is 9.02. The molecule has 7 nitrogen and oxygen atoms in total. The minimum atomic E-state index is -0.527. The number of methoxy groups -OCH3 is 3. The van der Waals surface area contributed by atoms with Gasteiger partial charge in [0.1, 0.15) is 11.8 Å². The molecule has 2 aromatic carbocycles. The SMILES string of the molecule is COc1ccc(N2C(=O)CCC2C(=O)NCc2ccc(OC)c(OC)c2)cc1. The van der Waals surface area contributed by atoms with E-state index in [0.29, 0.717) is 42.3 Å². The molecule has 0 aromatic heterocycles. The number of ether oxygens (including phenoxy) is 3. The third-order valence-electron chi connectivity index (χ3n) is 4.78. The second kappa shape index (κ2) is 8.65. The third-order valence-corrected chi connectivity index (χ3v) is 4.78. The molecule has 3 rings (SSSR count). The molecule has 28 heavy (non-hydrogen) atoms. The lowest BCUT2D eigenvalue weighted by atomic mass is 10.1. The molecule has 0 saturated carbocycles. The average Bonchev–Trinajstić information content (AvgIpc) is 3.13. The molecule has 1 aliphatic heterocycles. The number of hydrogen-bond donors (Lipinski definition) is 1. The molecule has 1 atom stereocenters. The average molecular weight is 384 g/mol. The Morgan fingerprint density at radius 2 is 1.75 bits per heavy atom. The molecule has 1 fully saturated rings. The van der Waals surface area contributed by atoms with Crippen LogP contribution >= 0.6 is 0 Å². The van der Waals surface area contributed by atoms with E-state index in [0.717, 1.165) is 5.56 Å². The summed E-state index contributed by atoms with van der Waals surface area (Å²) >= 11 is 0. The topological polar surface area (TPSA) is 77.1 Å². The van der Waals surface area contributed by atoms with Crippen molar-refractivity contribution in [1.82, 2.24) is 5.32 Å². The minimum Gasteiger partial charge on any atom is -0.497 e. The molecule has 2 amide bonds. The summed E-state index contributed by atoms with van der Waals surface area (Å²) in [4.78, 5) is 26.7. The summed E-state index contributed by atoms with van der Waals surface area (Å²) in [6, 6.07) is 12.1. The monoisotopic (exact) mass is 384 g/mol. The van der Waals surface area contributed by atoms with Crippen LogP contribution in [0.25, 0.3) is 0 Å². The van der Waals surface area contributed by atoms with Crippen molar-refractivity contribution >= 4 is 17.5 Å². The third kappa shape index (κ3) is 4.03. The number of amides is 2. The van der Waals surface area contributed by atoms with Crippen molar-refractivity contribution in [3.8, 4) is 17.2 Å². The summed E-state index contributed by atoms with van der Waals surface area (Å²) in [6.45, 7) is 0.334. The van der Waals surface area contributed by atoms with E-state index in [1.807, 2.05) is 12.1 Å². The molecule has 1 heterocycles. The molecule has 2 aromatic rings. The summed E-state index contributed by atoms with van der Waals surface area (Å²) in [6.07, 6.45) is 0.836. The van der Waals surface area contributed by atoms with Crippen LogP contribution in [0.1, 0.15) is 18.4 Å². The molecule has 0 aliphatic carbocycles. The largest absolute Gasteiger partial charge is 0.497 e. The standard InChI is InChI=1S/C21H24N2O5/c1-26-16-7-5-15(6-8-16)23-17(9-11-20(23)24)21(25)22-13-14-4-10-18(27-2)19(12-14)28-3/h4-8,10,12,17H,9,11,13H2,1-3H3,(H,22,25). The Balaban J connectivity index is 1.69. The highest BCUT2D eigenvalue weighted by Gasteiger charge is 2.36. The van der Waals surface area contributed by atoms with Crippen LogP contribution in [0.3, 0.4) is 0 Å². The second-order valence-corrected chi connectivity index (χ2v) is 6.42. The first-order valence-electron chi connectivity index (χ1n) is 9.02. The Bertz CT molecular complexity index is 850. The number of rotatable bonds is 7. The molecule has 1 aliphatic rings. The molecule has 1 saturated heterocycles. The Labute approximate surface area is 164 Å². The number of carbonyl (C=O) groups excluding carboxylic acids is 2. The lowest BCUT2D eigenvalue weighted by Crippen LogP contribution is -2.44. The van der Waals surface area contributed by atoms with Gasteiger partial charge in [-0.15, -0.1) is 0 Å². The van der Waals surface area contributed by atoms with Gasteiger partial charge in [0.25, 0.3) is 0 Å². The van der Waals surface area contributed by atoms with E-state index >= 15 is 0 Å². The molecule has 0 radical (unpaired) electrons. The van der Waals surface area contributed by atoms with Crippen molar-refractivity contribution < 1.29 is 23.8 Å². The zero-order valence-electron chi connectivity index (χ0n) is 16.2. The van der Waals surface area contributed by atoms with Crippen LogP contribution in [0.4, 0.5) is 5.69 Å². The zero-order valence-corrected chi connectivity index (χ0v) is 16.2. The summed E-state index contributed by atoms with van der Waals surface area (Å²) in [5.74, 6) is 1.69. The maximum absolute atomic E-state index is 12.8. The van der Waals surface area contributed by atoms with Crippen molar-refractivity contribution in [2.75, 3.05) is 26.2 Å². The van der Waals surface area contributed by atoms with Crippen LogP contribution in [0.5, 0.6) is 17.2 Å². The normalized spacial score (nSPS) is 16.0. The molecule has 7 heteroatoms. The number of carbonyl (C=O) groups is 2. The molecule has 0 bridgehead atoms. The quantitative estimate of drug-likeness (QED) is 0.794. The fourth-order valence-corrected chi connectivity index (χ4v) is 3.30. The van der Waals surface area contributed by atoms with Crippen LogP contribution in [0.2, 0.25) is 0 Å². The number of anilines is 1. The second-order valence-electron chi connectivity index (χ2n) is 6.42. The van der Waals surface area contributed by atoms with E-state index < -0.39 is 6.04 Å². The van der Waals surface area contributed by atoms with E-state index in [1.54, 1.807) is 56.6 Å². The van der Waals surface area contributed by atoms with Crippen molar-refractivity contribution in [3.05, 3.63) is 48.0 Å². The van der Waals surface area contributed by atoms with Gasteiger partial charge in [-0.25, -0.2) is 0 Å². The van der Waals surface area contributed by atoms with Crippen LogP contribution in [-0.4, -0.2) is 39.2 Å².